The monoisotopic (exact) mass is 135 g/mol. The van der Waals surface area contributed by atoms with Crippen LogP contribution in [0.25, 0.3) is 0 Å². The number of methoxy groups -OCH3 is 2. The highest BCUT2D eigenvalue weighted by atomic mass is 17.0. The molecule has 0 saturated heterocycles. The Balaban J connectivity index is 3.62. The summed E-state index contributed by atoms with van der Waals surface area (Å²) in [7, 11) is 2.46. The maximum Gasteiger partial charge on any atom is 0.439 e. The minimum atomic E-state index is -2.12. The smallest absolute Gasteiger partial charge is 0.305 e. The van der Waals surface area contributed by atoms with E-state index < -0.39 is 6.16 Å². The molecule has 0 atom stereocenters. The Hall–Kier alpha value is -0.160. The van der Waals surface area contributed by atoms with Gasteiger partial charge in [-0.25, -0.2) is 0 Å². The number of hydrogen-bond donors (Lipinski definition) is 0. The molecule has 9 heavy (non-hydrogen) atoms. The molecule has 0 heterocycles. The standard InChI is InChI=1S/C5H11O4/c1-4-9-5(6,7-2)8-3/h4H2,1-3H3. The van der Waals surface area contributed by atoms with Crippen molar-refractivity contribution in [2.75, 3.05) is 20.8 Å². The maximum atomic E-state index is 10.8. The molecule has 0 aromatic carbocycles. The van der Waals surface area contributed by atoms with Crippen LogP contribution in [0.4, 0.5) is 0 Å². The topological polar surface area (TPSA) is 47.6 Å². The zero-order chi connectivity index (χ0) is 7.33. The van der Waals surface area contributed by atoms with Gasteiger partial charge in [0, 0.05) is 14.2 Å². The van der Waals surface area contributed by atoms with Crippen LogP contribution < -0.4 is 0 Å². The van der Waals surface area contributed by atoms with Crippen molar-refractivity contribution in [2.24, 2.45) is 0 Å². The maximum absolute atomic E-state index is 10.8. The van der Waals surface area contributed by atoms with Crippen molar-refractivity contribution in [3.63, 3.8) is 0 Å². The van der Waals surface area contributed by atoms with E-state index in [9.17, 15) is 5.11 Å². The Kier molecular flexibility index (Phi) is 3.72. The van der Waals surface area contributed by atoms with Crippen LogP contribution >= 0.6 is 0 Å². The molecule has 4 nitrogen and oxygen atoms in total. The molecule has 0 N–H and O–H groups in total. The Morgan fingerprint density at radius 1 is 1.33 bits per heavy atom. The Labute approximate surface area is 54.3 Å². The van der Waals surface area contributed by atoms with Gasteiger partial charge in [0.25, 0.3) is 0 Å². The Bertz CT molecular complexity index is 69.4. The molecular formula is C5H11O4. The van der Waals surface area contributed by atoms with Crippen LogP contribution in [0.5, 0.6) is 0 Å². The molecular weight excluding hydrogens is 124 g/mol. The van der Waals surface area contributed by atoms with E-state index in [2.05, 4.69) is 14.2 Å². The average Bonchev–Trinajstić information content (AvgIpc) is 1.89. The second kappa shape index (κ2) is 3.79. The van der Waals surface area contributed by atoms with Crippen LogP contribution in [0, 0.1) is 0 Å². The lowest BCUT2D eigenvalue weighted by atomic mass is 10.8. The second-order valence-corrected chi connectivity index (χ2v) is 1.34. The highest BCUT2D eigenvalue weighted by Crippen LogP contribution is 2.07. The molecule has 0 unspecified atom stereocenters. The first-order valence-electron chi connectivity index (χ1n) is 2.63. The van der Waals surface area contributed by atoms with Gasteiger partial charge in [0.2, 0.25) is 0 Å². The molecule has 4 heteroatoms. The molecule has 0 aliphatic carbocycles. The molecule has 0 amide bonds. The van der Waals surface area contributed by atoms with Gasteiger partial charge in [-0.3, -0.25) is 0 Å². The first kappa shape index (κ1) is 8.84. The van der Waals surface area contributed by atoms with Gasteiger partial charge in [-0.1, -0.05) is 0 Å². The van der Waals surface area contributed by atoms with E-state index in [1.165, 1.54) is 14.2 Å². The van der Waals surface area contributed by atoms with Gasteiger partial charge in [0.05, 0.1) is 6.61 Å². The summed E-state index contributed by atoms with van der Waals surface area (Å²) in [6.45, 7) is 1.95. The lowest BCUT2D eigenvalue weighted by Gasteiger charge is -2.19. The summed E-state index contributed by atoms with van der Waals surface area (Å²) < 4.78 is 13.2. The van der Waals surface area contributed by atoms with Gasteiger partial charge in [0.1, 0.15) is 0 Å². The van der Waals surface area contributed by atoms with Crippen molar-refractivity contribution >= 4 is 0 Å². The number of rotatable bonds is 4. The summed E-state index contributed by atoms with van der Waals surface area (Å²) in [6, 6.07) is 0. The van der Waals surface area contributed by atoms with E-state index >= 15 is 0 Å². The Morgan fingerprint density at radius 3 is 1.89 bits per heavy atom. The summed E-state index contributed by atoms with van der Waals surface area (Å²) in [5, 5.41) is 10.8. The summed E-state index contributed by atoms with van der Waals surface area (Å²) >= 11 is 0. The van der Waals surface area contributed by atoms with Crippen molar-refractivity contribution in [3.05, 3.63) is 0 Å². The zero-order valence-electron chi connectivity index (χ0n) is 5.84. The number of hydrogen-bond acceptors (Lipinski definition) is 3. The number of ether oxygens (including phenoxy) is 3. The summed E-state index contributed by atoms with van der Waals surface area (Å²) in [5.41, 5.74) is 0. The summed E-state index contributed by atoms with van der Waals surface area (Å²) in [6.07, 6.45) is -2.12. The minimum Gasteiger partial charge on any atom is -0.305 e. The first-order chi connectivity index (χ1) is 4.18. The fourth-order valence-electron chi connectivity index (χ4n) is 0.378. The molecule has 0 aromatic heterocycles. The second-order valence-electron chi connectivity index (χ2n) is 1.34. The summed E-state index contributed by atoms with van der Waals surface area (Å²) in [4.78, 5) is 0. The normalized spacial score (nSPS) is 12.0. The third kappa shape index (κ3) is 2.76. The SMILES string of the molecule is CCOC([O])(OC)OC. The van der Waals surface area contributed by atoms with Crippen molar-refractivity contribution in [2.45, 2.75) is 13.1 Å². The van der Waals surface area contributed by atoms with E-state index in [1.807, 2.05) is 0 Å². The van der Waals surface area contributed by atoms with Crippen LogP contribution in [-0.2, 0) is 19.3 Å². The van der Waals surface area contributed by atoms with Gasteiger partial charge in [-0.2, -0.15) is 0 Å². The molecule has 0 aliphatic rings. The molecule has 0 aromatic rings. The lowest BCUT2D eigenvalue weighted by Crippen LogP contribution is -2.34. The van der Waals surface area contributed by atoms with E-state index in [0.29, 0.717) is 0 Å². The van der Waals surface area contributed by atoms with Crippen molar-refractivity contribution in [1.82, 2.24) is 0 Å². The van der Waals surface area contributed by atoms with Gasteiger partial charge in [-0.15, -0.1) is 5.11 Å². The fraction of sp³-hybridized carbons (Fsp3) is 1.00. The van der Waals surface area contributed by atoms with Gasteiger partial charge >= 0.3 is 6.16 Å². The van der Waals surface area contributed by atoms with Gasteiger partial charge < -0.3 is 14.2 Å². The van der Waals surface area contributed by atoms with E-state index in [0.717, 1.165) is 0 Å². The van der Waals surface area contributed by atoms with Gasteiger partial charge in [-0.05, 0) is 6.92 Å². The molecule has 1 radical (unpaired) electrons. The fourth-order valence-corrected chi connectivity index (χ4v) is 0.378. The average molecular weight is 135 g/mol. The Morgan fingerprint density at radius 2 is 1.78 bits per heavy atom. The van der Waals surface area contributed by atoms with Gasteiger partial charge in [0.15, 0.2) is 0 Å². The largest absolute Gasteiger partial charge is 0.439 e. The summed E-state index contributed by atoms with van der Waals surface area (Å²) in [5.74, 6) is 0. The third-order valence-electron chi connectivity index (χ3n) is 0.821. The molecule has 0 rings (SSSR count). The van der Waals surface area contributed by atoms with Crippen LogP contribution in [0.2, 0.25) is 0 Å². The van der Waals surface area contributed by atoms with Crippen LogP contribution in [0.1, 0.15) is 6.92 Å². The predicted molar refractivity (Wildman–Crippen MR) is 29.1 cm³/mol. The zero-order valence-corrected chi connectivity index (χ0v) is 5.84. The minimum absolute atomic E-state index is 0.269. The first-order valence-corrected chi connectivity index (χ1v) is 2.63. The predicted octanol–water partition coefficient (Wildman–Crippen LogP) is 0.357. The molecule has 0 aliphatic heterocycles. The highest BCUT2D eigenvalue weighted by molar-refractivity contribution is 4.27. The molecule has 0 saturated carbocycles. The van der Waals surface area contributed by atoms with E-state index in [4.69, 9.17) is 0 Å². The van der Waals surface area contributed by atoms with E-state index in [-0.39, 0.29) is 6.61 Å². The highest BCUT2D eigenvalue weighted by Gasteiger charge is 2.28. The van der Waals surface area contributed by atoms with Crippen molar-refractivity contribution in [3.8, 4) is 0 Å². The lowest BCUT2D eigenvalue weighted by molar-refractivity contribution is -0.494. The van der Waals surface area contributed by atoms with Crippen LogP contribution in [-0.4, -0.2) is 27.0 Å². The molecule has 55 valence electrons. The van der Waals surface area contributed by atoms with Crippen LogP contribution in [0.15, 0.2) is 0 Å². The molecule has 0 fully saturated rings. The third-order valence-corrected chi connectivity index (χ3v) is 0.821. The van der Waals surface area contributed by atoms with Crippen molar-refractivity contribution in [1.29, 1.82) is 0 Å². The molecule has 0 bridgehead atoms. The molecule has 0 spiro atoms. The quantitative estimate of drug-likeness (QED) is 0.523. The van der Waals surface area contributed by atoms with Crippen molar-refractivity contribution < 1.29 is 19.3 Å². The van der Waals surface area contributed by atoms with E-state index in [1.54, 1.807) is 6.92 Å². The van der Waals surface area contributed by atoms with Crippen LogP contribution in [0.3, 0.4) is 0 Å².